The molecule has 612 valence electrons. The van der Waals surface area contributed by atoms with Gasteiger partial charge in [-0.25, -0.2) is 158 Å². The normalized spacial score (nSPS) is 13.1. The summed E-state index contributed by atoms with van der Waals surface area (Å²) in [6.45, 7) is 26.6. The van der Waals surface area contributed by atoms with Crippen LogP contribution in [0.1, 0.15) is 50.1 Å². The van der Waals surface area contributed by atoms with Crippen LogP contribution in [0.2, 0.25) is 0 Å². The molecule has 0 N–H and O–H groups in total. The molecule has 24 nitrogen and oxygen atoms in total. The Morgan fingerprint density at radius 2 is 0.571 bits per heavy atom. The third-order valence-corrected chi connectivity index (χ3v) is 17.9. The van der Waals surface area contributed by atoms with E-state index >= 15 is 4.39 Å². The maximum atomic E-state index is 15.1. The topological polar surface area (TPSA) is 346 Å². The van der Waals surface area contributed by atoms with Crippen molar-refractivity contribution in [3.8, 4) is 139 Å². The van der Waals surface area contributed by atoms with Crippen LogP contribution in [0.25, 0.3) is 117 Å². The molecule has 126 heavy (non-hydrogen) atoms. The minimum Gasteiger partial charge on any atom is -0.238 e. The third-order valence-electron chi connectivity index (χ3n) is 17.9. The Kier molecular flexibility index (Phi) is 23.1. The fraction of sp³-hybridized carbons (Fsp3) is 0.0714. The quantitative estimate of drug-likeness (QED) is 0.0426. The van der Waals surface area contributed by atoms with Crippen molar-refractivity contribution in [3.05, 3.63) is 330 Å². The van der Waals surface area contributed by atoms with Crippen LogP contribution >= 0.6 is 0 Å². The SMILES string of the molecule is [C-]#[N+]/C(C#N)=C1\N=c2ccc(-c3nc(-c4c(F)c(C)c(F)c(F)c4F)nc(-c4c(F)c(F)c(F)c(F)c4F)n3)c(C#N)c2=N1.[C-]#[N+]/C(C#N)=C1\N=c2ccc(-c3nc(-c4cc(C)cc(C(F)(F)F)c4)nc(-c4cc(C)cc(C(F)(F)F)c4)n3)c(C#N)c2=N1.[C-]#[N+]/C(C#N)=C1\N=c2ccc(-c3nc(-c4cc(C)cc(F)c4)nc(-c4cc(F)cc(F)c4)n3)c(C#N)c2=N1. The highest BCUT2D eigenvalue weighted by atomic mass is 19.4. The molecule has 0 fully saturated rings. The van der Waals surface area contributed by atoms with E-state index in [0.29, 0.717) is 18.6 Å². The van der Waals surface area contributed by atoms with Crippen molar-refractivity contribution in [3.63, 3.8) is 0 Å². The number of halogens is 18. The van der Waals surface area contributed by atoms with E-state index < -0.39 is 156 Å². The van der Waals surface area contributed by atoms with Crippen molar-refractivity contribution in [1.82, 2.24) is 44.9 Å². The van der Waals surface area contributed by atoms with Gasteiger partial charge in [-0.2, -0.15) is 42.1 Å². The zero-order valence-electron chi connectivity index (χ0n) is 62.9. The summed E-state index contributed by atoms with van der Waals surface area (Å²) in [6, 6.07) is 31.7. The smallest absolute Gasteiger partial charge is 0.238 e. The van der Waals surface area contributed by atoms with Crippen molar-refractivity contribution in [1.29, 1.82) is 31.6 Å². The van der Waals surface area contributed by atoms with Crippen LogP contribution in [0.5, 0.6) is 0 Å². The molecular formula is C84H30F18N24. The lowest BCUT2D eigenvalue weighted by Crippen LogP contribution is -2.25. The van der Waals surface area contributed by atoms with Gasteiger partial charge in [0.05, 0.1) is 92.9 Å². The summed E-state index contributed by atoms with van der Waals surface area (Å²) in [6.07, 6.45) is -9.43. The monoisotopic (exact) mass is 1720 g/mol. The number of fused-ring (bicyclic) bond motifs is 3. The first-order chi connectivity index (χ1) is 59.8. The van der Waals surface area contributed by atoms with Gasteiger partial charge in [-0.3, -0.25) is 0 Å². The van der Waals surface area contributed by atoms with Gasteiger partial charge in [0.15, 0.2) is 111 Å². The molecule has 3 aliphatic rings. The summed E-state index contributed by atoms with van der Waals surface area (Å²) in [4.78, 5) is 70.5. The summed E-state index contributed by atoms with van der Waals surface area (Å²) in [5.74, 6) is -28.1. The van der Waals surface area contributed by atoms with Gasteiger partial charge >= 0.3 is 29.4 Å². The first kappa shape index (κ1) is 86.0. The Morgan fingerprint density at radius 1 is 0.302 bits per heavy atom. The number of benzene rings is 9. The molecule has 42 heteroatoms. The van der Waals surface area contributed by atoms with Gasteiger partial charge in [0.25, 0.3) is 0 Å². The van der Waals surface area contributed by atoms with E-state index in [-0.39, 0.29) is 140 Å². The number of allylic oxidation sites excluding steroid dienone is 3. The van der Waals surface area contributed by atoms with Crippen molar-refractivity contribution >= 4 is 0 Å². The van der Waals surface area contributed by atoms with Crippen molar-refractivity contribution in [2.24, 2.45) is 30.0 Å². The van der Waals surface area contributed by atoms with E-state index in [1.54, 1.807) is 37.3 Å². The summed E-state index contributed by atoms with van der Waals surface area (Å²) in [5.41, 5.74) is -7.45. The molecule has 12 aromatic rings. The predicted molar refractivity (Wildman–Crippen MR) is 396 cm³/mol. The predicted octanol–water partition coefficient (Wildman–Crippen LogP) is 15.8. The number of aryl methyl sites for hydroxylation is 3. The molecule has 3 aromatic heterocycles. The molecule has 0 amide bonds. The number of hydrogen-bond acceptors (Lipinski definition) is 21. The largest absolute Gasteiger partial charge is 0.416 e. The molecule has 9 aromatic carbocycles. The molecule has 6 heterocycles. The number of nitriles is 6. The van der Waals surface area contributed by atoms with E-state index in [2.05, 4.69) is 89.3 Å². The van der Waals surface area contributed by atoms with Crippen molar-refractivity contribution in [2.45, 2.75) is 40.0 Å². The van der Waals surface area contributed by atoms with Crippen LogP contribution < -0.4 is 32.1 Å². The van der Waals surface area contributed by atoms with Gasteiger partial charge in [-0.15, -0.1) is 0 Å². The van der Waals surface area contributed by atoms with Crippen molar-refractivity contribution in [2.75, 3.05) is 0 Å². The average Bonchev–Trinajstić information content (AvgIpc) is 0.855. The first-order valence-electron chi connectivity index (χ1n) is 34.7. The molecule has 0 unspecified atom stereocenters. The Morgan fingerprint density at radius 3 is 0.881 bits per heavy atom. The molecule has 3 aliphatic heterocycles. The van der Waals surface area contributed by atoms with Gasteiger partial charge in [0.2, 0.25) is 5.82 Å². The molecule has 0 aliphatic carbocycles. The van der Waals surface area contributed by atoms with Crippen molar-refractivity contribution < 1.29 is 79.0 Å². The van der Waals surface area contributed by atoms with E-state index in [9.17, 15) is 95.7 Å². The Labute approximate surface area is 691 Å². The summed E-state index contributed by atoms with van der Waals surface area (Å²) in [7, 11) is 0. The lowest BCUT2D eigenvalue weighted by molar-refractivity contribution is -0.138. The third kappa shape index (κ3) is 16.5. The molecule has 0 radical (unpaired) electrons. The fourth-order valence-corrected chi connectivity index (χ4v) is 12.4. The van der Waals surface area contributed by atoms with Gasteiger partial charge in [-0.1, -0.05) is 0 Å². The first-order valence-corrected chi connectivity index (χ1v) is 34.7. The summed E-state index contributed by atoms with van der Waals surface area (Å²) < 4.78 is 254. The summed E-state index contributed by atoms with van der Waals surface area (Å²) >= 11 is 0. The van der Waals surface area contributed by atoms with Gasteiger partial charge in [0.1, 0.15) is 57.5 Å². The Hall–Kier alpha value is -17.8. The van der Waals surface area contributed by atoms with E-state index in [4.69, 9.17) is 30.2 Å². The summed E-state index contributed by atoms with van der Waals surface area (Å²) in [5, 5.41) is 57.6. The second-order valence-corrected chi connectivity index (χ2v) is 26.2. The van der Waals surface area contributed by atoms with Gasteiger partial charge < -0.3 is 0 Å². The van der Waals surface area contributed by atoms with Gasteiger partial charge in [-0.05, 0) is 148 Å². The Bertz CT molecular complexity index is 7470. The van der Waals surface area contributed by atoms with Crippen LogP contribution in [0, 0.1) is 185 Å². The van der Waals surface area contributed by atoms with E-state index in [1.807, 2.05) is 12.1 Å². The highest BCUT2D eigenvalue weighted by molar-refractivity contribution is 5.75. The van der Waals surface area contributed by atoms with Crippen LogP contribution in [0.3, 0.4) is 0 Å². The van der Waals surface area contributed by atoms with Crippen LogP contribution in [0.4, 0.5) is 79.0 Å². The number of nitrogens with zero attached hydrogens (tertiary/aromatic N) is 24. The molecule has 0 saturated carbocycles. The standard InChI is InChI=1S/C30H14F6N8.C27H5F9N8.C27H11F3N8/c1-14-6-16(10-18(8-14)29(31,32)33)25-42-26(17-7-15(2)9-19(11-17)30(34,35)36)44-27(43-25)20-4-5-22-24(21(20)12-37)41-28(40-22)23(13-38)39-3;1-7-14(28)12(16(30)19(33)15(7)29)26-42-24(43-27(44-26)13-17(31)20(34)22(36)21(35)18(13)32)8-3-4-10-23(9(8)5-37)41-25(40-10)11(6-38)39-2;1-13-5-14(7-16(28)6-13)24-36-25(15-8-17(29)10-18(30)9-15)38-26(37-24)19-3-4-21-23(20(19)11-31)35-27(34-21)22(12-32)33-2/h4-11H,1-2H3;3-4H,1H3;3-10H,1H3/b28-23+;25-11+;27-22+. The Balaban J connectivity index is 0.000000162. The lowest BCUT2D eigenvalue weighted by Gasteiger charge is -2.13. The highest BCUT2D eigenvalue weighted by Crippen LogP contribution is 2.40. The lowest BCUT2D eigenvalue weighted by atomic mass is 10.0. The number of alkyl halides is 6. The molecule has 0 bridgehead atoms. The van der Waals surface area contributed by atoms with E-state index in [1.165, 1.54) is 62.4 Å². The highest BCUT2D eigenvalue weighted by Gasteiger charge is 2.36. The minimum absolute atomic E-state index is 0.000758. The minimum atomic E-state index is -4.71. The van der Waals surface area contributed by atoms with E-state index in [0.717, 1.165) is 48.5 Å². The maximum absolute atomic E-state index is 15.1. The number of hydrogen-bond donors (Lipinski definition) is 0. The van der Waals surface area contributed by atoms with Crippen LogP contribution in [0.15, 0.2) is 174 Å². The molecule has 0 spiro atoms. The second kappa shape index (κ2) is 33.8. The van der Waals surface area contributed by atoms with Crippen LogP contribution in [-0.2, 0) is 12.4 Å². The van der Waals surface area contributed by atoms with Gasteiger partial charge in [0, 0.05) is 50.6 Å². The zero-order chi connectivity index (χ0) is 91.1. The zero-order valence-corrected chi connectivity index (χ0v) is 62.9. The average molecular weight is 1720 g/mol. The molecule has 15 rings (SSSR count). The molecule has 0 atom stereocenters. The number of aromatic nitrogens is 9. The molecule has 0 saturated heterocycles. The molecular weight excluding hydrogens is 1690 g/mol. The fourth-order valence-electron chi connectivity index (χ4n) is 12.4. The van der Waals surface area contributed by atoms with Crippen LogP contribution in [-0.4, -0.2) is 44.9 Å². The number of rotatable bonds is 9. The maximum Gasteiger partial charge on any atom is 0.416 e. The second-order valence-electron chi connectivity index (χ2n) is 26.2.